The number of nitrogens with zero attached hydrogens (tertiary/aromatic N) is 1. The lowest BCUT2D eigenvalue weighted by Gasteiger charge is -2.31. The van der Waals surface area contributed by atoms with Crippen molar-refractivity contribution < 1.29 is 19.1 Å². The van der Waals surface area contributed by atoms with Crippen LogP contribution in [0, 0.1) is 5.92 Å². The molecule has 1 aliphatic rings. The van der Waals surface area contributed by atoms with Crippen molar-refractivity contribution in [3.05, 3.63) is 64.7 Å². The van der Waals surface area contributed by atoms with E-state index >= 15 is 0 Å². The Hall–Kier alpha value is -2.90. The van der Waals surface area contributed by atoms with Gasteiger partial charge in [0.05, 0.1) is 0 Å². The zero-order chi connectivity index (χ0) is 22.9. The third-order valence-electron chi connectivity index (χ3n) is 5.47. The second kappa shape index (κ2) is 11.6. The summed E-state index contributed by atoms with van der Waals surface area (Å²) in [6, 6.07) is 13.4. The first-order valence-electron chi connectivity index (χ1n) is 10.7. The van der Waals surface area contributed by atoms with Crippen molar-refractivity contribution in [3.8, 4) is 0 Å². The molecule has 2 N–H and O–H groups in total. The van der Waals surface area contributed by atoms with Gasteiger partial charge in [-0.2, -0.15) is 0 Å². The predicted molar refractivity (Wildman–Crippen MR) is 124 cm³/mol. The fourth-order valence-corrected chi connectivity index (χ4v) is 3.73. The zero-order valence-electron chi connectivity index (χ0n) is 18.1. The molecule has 32 heavy (non-hydrogen) atoms. The molecule has 2 aromatic carbocycles. The van der Waals surface area contributed by atoms with Crippen LogP contribution in [0.3, 0.4) is 0 Å². The highest BCUT2D eigenvalue weighted by molar-refractivity contribution is 6.30. The fraction of sp³-hybridized carbons (Fsp3) is 0.375. The van der Waals surface area contributed by atoms with Crippen molar-refractivity contribution >= 4 is 35.0 Å². The molecule has 0 unspecified atom stereocenters. The molecule has 2 aromatic rings. The van der Waals surface area contributed by atoms with Gasteiger partial charge in [-0.25, -0.2) is 0 Å². The molecule has 0 bridgehead atoms. The van der Waals surface area contributed by atoms with Crippen LogP contribution < -0.4 is 10.6 Å². The number of amides is 3. The molecule has 0 saturated carbocycles. The van der Waals surface area contributed by atoms with Crippen molar-refractivity contribution in [2.75, 3.05) is 38.7 Å². The van der Waals surface area contributed by atoms with Crippen LogP contribution in [0.15, 0.2) is 48.5 Å². The minimum atomic E-state index is -0.247. The second-order valence-corrected chi connectivity index (χ2v) is 8.18. The van der Waals surface area contributed by atoms with Crippen molar-refractivity contribution in [2.24, 2.45) is 5.92 Å². The molecule has 1 saturated heterocycles. The van der Waals surface area contributed by atoms with Crippen molar-refractivity contribution in [3.63, 3.8) is 0 Å². The van der Waals surface area contributed by atoms with E-state index in [0.717, 1.165) is 6.42 Å². The Balaban J connectivity index is 1.48. The largest absolute Gasteiger partial charge is 0.385 e. The lowest BCUT2D eigenvalue weighted by atomic mass is 9.95. The number of benzene rings is 2. The number of anilines is 1. The highest BCUT2D eigenvalue weighted by atomic mass is 35.5. The van der Waals surface area contributed by atoms with Crippen LogP contribution in [0.2, 0.25) is 5.02 Å². The number of piperidine rings is 1. The lowest BCUT2D eigenvalue weighted by Crippen LogP contribution is -2.43. The lowest BCUT2D eigenvalue weighted by molar-refractivity contribution is -0.126. The molecule has 1 fully saturated rings. The molecule has 7 nitrogen and oxygen atoms in total. The van der Waals surface area contributed by atoms with Crippen LogP contribution in [0.25, 0.3) is 0 Å². The maximum absolute atomic E-state index is 12.8. The molecule has 0 radical (unpaired) electrons. The predicted octanol–water partition coefficient (Wildman–Crippen LogP) is 3.60. The van der Waals surface area contributed by atoms with E-state index in [4.69, 9.17) is 16.3 Å². The number of hydrogen-bond donors (Lipinski definition) is 2. The van der Waals surface area contributed by atoms with Crippen LogP contribution in [0.5, 0.6) is 0 Å². The Morgan fingerprint density at radius 2 is 1.62 bits per heavy atom. The van der Waals surface area contributed by atoms with Crippen molar-refractivity contribution in [2.45, 2.75) is 19.3 Å². The number of ether oxygens (including phenoxy) is 1. The van der Waals surface area contributed by atoms with Gasteiger partial charge in [-0.3, -0.25) is 14.4 Å². The SMILES string of the molecule is COCCCNC(=O)C1CCN(C(=O)c2ccc(NC(=O)c3ccc(Cl)cc3)cc2)CC1. The summed E-state index contributed by atoms with van der Waals surface area (Å²) in [6.07, 6.45) is 2.09. The summed E-state index contributed by atoms with van der Waals surface area (Å²) < 4.78 is 4.98. The molecular formula is C24H28ClN3O4. The minimum Gasteiger partial charge on any atom is -0.385 e. The van der Waals surface area contributed by atoms with Crippen LogP contribution in [0.1, 0.15) is 40.0 Å². The van der Waals surface area contributed by atoms with Gasteiger partial charge < -0.3 is 20.3 Å². The number of likely N-dealkylation sites (tertiary alicyclic amines) is 1. The molecule has 0 spiro atoms. The molecule has 3 amide bonds. The van der Waals surface area contributed by atoms with Gasteiger partial charge in [0, 0.05) is 61.1 Å². The van der Waals surface area contributed by atoms with Crippen molar-refractivity contribution in [1.29, 1.82) is 0 Å². The van der Waals surface area contributed by atoms with E-state index < -0.39 is 0 Å². The molecule has 0 atom stereocenters. The average molecular weight is 458 g/mol. The maximum atomic E-state index is 12.8. The molecule has 0 aliphatic carbocycles. The van der Waals surface area contributed by atoms with E-state index in [1.54, 1.807) is 60.5 Å². The van der Waals surface area contributed by atoms with Gasteiger partial charge in [-0.05, 0) is 67.8 Å². The van der Waals surface area contributed by atoms with Crippen LogP contribution in [-0.4, -0.2) is 56.0 Å². The summed E-state index contributed by atoms with van der Waals surface area (Å²) in [5.74, 6) is -0.330. The van der Waals surface area contributed by atoms with Crippen molar-refractivity contribution in [1.82, 2.24) is 10.2 Å². The van der Waals surface area contributed by atoms with Gasteiger partial charge in [0.2, 0.25) is 5.91 Å². The summed E-state index contributed by atoms with van der Waals surface area (Å²) >= 11 is 5.85. The van der Waals surface area contributed by atoms with Gasteiger partial charge in [-0.15, -0.1) is 0 Å². The van der Waals surface area contributed by atoms with Gasteiger partial charge in [0.1, 0.15) is 0 Å². The average Bonchev–Trinajstić information content (AvgIpc) is 2.82. The first-order valence-corrected chi connectivity index (χ1v) is 11.1. The quantitative estimate of drug-likeness (QED) is 0.593. The summed E-state index contributed by atoms with van der Waals surface area (Å²) in [5.41, 5.74) is 1.66. The topological polar surface area (TPSA) is 87.7 Å². The maximum Gasteiger partial charge on any atom is 0.255 e. The van der Waals surface area contributed by atoms with Crippen LogP contribution in [-0.2, 0) is 9.53 Å². The monoisotopic (exact) mass is 457 g/mol. The fourth-order valence-electron chi connectivity index (χ4n) is 3.60. The molecule has 8 heteroatoms. The Labute approximate surface area is 193 Å². The number of rotatable bonds is 8. The Bertz CT molecular complexity index is 923. The smallest absolute Gasteiger partial charge is 0.255 e. The highest BCUT2D eigenvalue weighted by Crippen LogP contribution is 2.20. The normalized spacial score (nSPS) is 14.1. The summed E-state index contributed by atoms with van der Waals surface area (Å²) in [6.45, 7) is 2.32. The molecule has 1 aliphatic heterocycles. The first-order chi connectivity index (χ1) is 15.5. The Kier molecular flexibility index (Phi) is 8.64. The summed E-state index contributed by atoms with van der Waals surface area (Å²) in [4.78, 5) is 39.2. The minimum absolute atomic E-state index is 0.0500. The van der Waals surface area contributed by atoms with Crippen LogP contribution >= 0.6 is 11.6 Å². The Morgan fingerprint density at radius 1 is 1.00 bits per heavy atom. The number of nitrogens with one attached hydrogen (secondary N) is 2. The number of carbonyl (C=O) groups is 3. The molecule has 170 valence electrons. The molecule has 3 rings (SSSR count). The van der Waals surface area contributed by atoms with Gasteiger partial charge in [0.15, 0.2) is 0 Å². The molecule has 0 aromatic heterocycles. The van der Waals surface area contributed by atoms with E-state index in [-0.39, 0.29) is 23.6 Å². The second-order valence-electron chi connectivity index (χ2n) is 7.74. The standard InChI is InChI=1S/C24H28ClN3O4/c1-32-16-2-13-26-22(29)18-11-14-28(15-12-18)24(31)19-5-9-21(10-6-19)27-23(30)17-3-7-20(25)8-4-17/h3-10,18H,2,11-16H2,1H3,(H,26,29)(H,27,30). The third-order valence-corrected chi connectivity index (χ3v) is 5.73. The molecular weight excluding hydrogens is 430 g/mol. The van der Waals surface area contributed by atoms with E-state index in [9.17, 15) is 14.4 Å². The first kappa shape index (κ1) is 23.8. The van der Waals surface area contributed by atoms with E-state index in [1.807, 2.05) is 0 Å². The number of carbonyl (C=O) groups excluding carboxylic acids is 3. The number of halogens is 1. The summed E-state index contributed by atoms with van der Waals surface area (Å²) in [5, 5.41) is 6.31. The van der Waals surface area contributed by atoms with E-state index in [1.165, 1.54) is 0 Å². The summed E-state index contributed by atoms with van der Waals surface area (Å²) in [7, 11) is 1.64. The molecule has 1 heterocycles. The zero-order valence-corrected chi connectivity index (χ0v) is 18.9. The van der Waals surface area contributed by atoms with Gasteiger partial charge in [0.25, 0.3) is 11.8 Å². The number of hydrogen-bond acceptors (Lipinski definition) is 4. The highest BCUT2D eigenvalue weighted by Gasteiger charge is 2.27. The van der Waals surface area contributed by atoms with E-state index in [2.05, 4.69) is 10.6 Å². The van der Waals surface area contributed by atoms with Crippen LogP contribution in [0.4, 0.5) is 5.69 Å². The number of methoxy groups -OCH3 is 1. The van der Waals surface area contributed by atoms with Gasteiger partial charge in [-0.1, -0.05) is 11.6 Å². The Morgan fingerprint density at radius 3 is 2.25 bits per heavy atom. The van der Waals surface area contributed by atoms with E-state index in [0.29, 0.717) is 60.9 Å². The van der Waals surface area contributed by atoms with Gasteiger partial charge >= 0.3 is 0 Å². The third kappa shape index (κ3) is 6.55.